The third kappa shape index (κ3) is 5.71. The zero-order valence-electron chi connectivity index (χ0n) is 10.4. The van der Waals surface area contributed by atoms with Gasteiger partial charge < -0.3 is 10.2 Å². The number of alkyl halides is 1. The molecule has 0 radical (unpaired) electrons. The van der Waals surface area contributed by atoms with Crippen LogP contribution in [0, 0.1) is 0 Å². The van der Waals surface area contributed by atoms with Crippen LogP contribution in [0.4, 0.5) is 5.69 Å². The van der Waals surface area contributed by atoms with Gasteiger partial charge in [-0.3, -0.25) is 4.79 Å². The Bertz CT molecular complexity index is 349. The molecule has 1 rings (SSSR count). The summed E-state index contributed by atoms with van der Waals surface area (Å²) >= 11 is 5.53. The monoisotopic (exact) mass is 254 g/mol. The molecule has 0 aliphatic rings. The molecule has 0 aliphatic carbocycles. The Labute approximate surface area is 108 Å². The molecule has 0 aromatic heterocycles. The van der Waals surface area contributed by atoms with Crippen molar-refractivity contribution in [2.24, 2.45) is 0 Å². The zero-order valence-corrected chi connectivity index (χ0v) is 11.1. The molecule has 3 nitrogen and oxygen atoms in total. The number of halogens is 1. The van der Waals surface area contributed by atoms with Crippen molar-refractivity contribution in [3.05, 3.63) is 29.8 Å². The summed E-state index contributed by atoms with van der Waals surface area (Å²) in [5.74, 6) is 0.542. The highest BCUT2D eigenvalue weighted by Gasteiger charge is 2.02. The first-order valence-electron chi connectivity index (χ1n) is 5.71. The fourth-order valence-electron chi connectivity index (χ4n) is 1.51. The standard InChI is InChI=1S/C13H19ClN2O/c1-16(2)10-11-5-7-12(8-6-11)15-13(17)4-3-9-14/h5-8H,3-4,9-10H2,1-2H3,(H,15,17). The summed E-state index contributed by atoms with van der Waals surface area (Å²) in [5.41, 5.74) is 2.07. The average molecular weight is 255 g/mol. The third-order valence-corrected chi connectivity index (χ3v) is 2.54. The van der Waals surface area contributed by atoms with E-state index in [1.54, 1.807) is 0 Å². The number of rotatable bonds is 6. The van der Waals surface area contributed by atoms with Gasteiger partial charge in [0.2, 0.25) is 5.91 Å². The van der Waals surface area contributed by atoms with Crippen molar-refractivity contribution in [2.75, 3.05) is 25.3 Å². The number of nitrogens with one attached hydrogen (secondary N) is 1. The molecule has 0 saturated heterocycles. The maximum absolute atomic E-state index is 11.5. The molecular weight excluding hydrogens is 236 g/mol. The number of benzene rings is 1. The van der Waals surface area contributed by atoms with Gasteiger partial charge in [-0.1, -0.05) is 12.1 Å². The van der Waals surface area contributed by atoms with Crippen LogP contribution >= 0.6 is 11.6 Å². The van der Waals surface area contributed by atoms with E-state index in [0.29, 0.717) is 18.7 Å². The lowest BCUT2D eigenvalue weighted by molar-refractivity contribution is -0.116. The minimum atomic E-state index is 0.0195. The first-order chi connectivity index (χ1) is 8.11. The molecule has 4 heteroatoms. The molecule has 1 aromatic carbocycles. The fraction of sp³-hybridized carbons (Fsp3) is 0.462. The van der Waals surface area contributed by atoms with Crippen molar-refractivity contribution < 1.29 is 4.79 Å². The van der Waals surface area contributed by atoms with Gasteiger partial charge in [0.25, 0.3) is 0 Å². The highest BCUT2D eigenvalue weighted by molar-refractivity contribution is 6.18. The summed E-state index contributed by atoms with van der Waals surface area (Å²) in [6.07, 6.45) is 1.19. The van der Waals surface area contributed by atoms with Gasteiger partial charge in [0, 0.05) is 24.5 Å². The Morgan fingerprint density at radius 1 is 1.29 bits per heavy atom. The summed E-state index contributed by atoms with van der Waals surface area (Å²) in [6.45, 7) is 0.903. The van der Waals surface area contributed by atoms with Crippen LogP contribution in [0.1, 0.15) is 18.4 Å². The van der Waals surface area contributed by atoms with Gasteiger partial charge in [0.05, 0.1) is 0 Å². The van der Waals surface area contributed by atoms with Crippen molar-refractivity contribution in [3.63, 3.8) is 0 Å². The lowest BCUT2D eigenvalue weighted by Crippen LogP contribution is -2.12. The highest BCUT2D eigenvalue weighted by Crippen LogP contribution is 2.11. The van der Waals surface area contributed by atoms with E-state index in [9.17, 15) is 4.79 Å². The van der Waals surface area contributed by atoms with E-state index >= 15 is 0 Å². The van der Waals surface area contributed by atoms with Crippen LogP contribution in [-0.4, -0.2) is 30.8 Å². The second kappa shape index (κ2) is 7.30. The fourth-order valence-corrected chi connectivity index (χ4v) is 1.64. The van der Waals surface area contributed by atoms with E-state index < -0.39 is 0 Å². The predicted molar refractivity (Wildman–Crippen MR) is 72.4 cm³/mol. The first kappa shape index (κ1) is 14.0. The van der Waals surface area contributed by atoms with Crippen LogP contribution in [0.3, 0.4) is 0 Å². The molecule has 1 aromatic rings. The van der Waals surface area contributed by atoms with E-state index in [0.717, 1.165) is 12.2 Å². The second-order valence-corrected chi connectivity index (χ2v) is 4.65. The summed E-state index contributed by atoms with van der Waals surface area (Å²) in [4.78, 5) is 13.6. The Hall–Kier alpha value is -1.06. The van der Waals surface area contributed by atoms with Crippen molar-refractivity contribution in [1.82, 2.24) is 4.90 Å². The van der Waals surface area contributed by atoms with E-state index in [4.69, 9.17) is 11.6 Å². The lowest BCUT2D eigenvalue weighted by Gasteiger charge is -2.10. The smallest absolute Gasteiger partial charge is 0.224 e. The van der Waals surface area contributed by atoms with Gasteiger partial charge in [-0.2, -0.15) is 0 Å². The summed E-state index contributed by atoms with van der Waals surface area (Å²) in [6, 6.07) is 7.91. The van der Waals surface area contributed by atoms with E-state index in [-0.39, 0.29) is 5.91 Å². The Balaban J connectivity index is 2.47. The molecule has 0 heterocycles. The van der Waals surface area contributed by atoms with Crippen molar-refractivity contribution >= 4 is 23.2 Å². The molecule has 1 amide bonds. The van der Waals surface area contributed by atoms with Crippen molar-refractivity contribution in [3.8, 4) is 0 Å². The number of amides is 1. The SMILES string of the molecule is CN(C)Cc1ccc(NC(=O)CCCCl)cc1. The normalized spacial score (nSPS) is 10.6. The van der Waals surface area contributed by atoms with E-state index in [1.807, 2.05) is 38.4 Å². The Morgan fingerprint density at radius 2 is 1.94 bits per heavy atom. The summed E-state index contributed by atoms with van der Waals surface area (Å²) in [5, 5.41) is 2.85. The lowest BCUT2D eigenvalue weighted by atomic mass is 10.2. The van der Waals surface area contributed by atoms with Gasteiger partial charge in [-0.05, 0) is 38.2 Å². The van der Waals surface area contributed by atoms with Gasteiger partial charge in [-0.25, -0.2) is 0 Å². The van der Waals surface area contributed by atoms with Crippen LogP contribution in [-0.2, 0) is 11.3 Å². The van der Waals surface area contributed by atoms with Crippen LogP contribution < -0.4 is 5.32 Å². The minimum absolute atomic E-state index is 0.0195. The van der Waals surface area contributed by atoms with Gasteiger partial charge in [0.1, 0.15) is 0 Å². The molecule has 0 bridgehead atoms. The van der Waals surface area contributed by atoms with Gasteiger partial charge in [0.15, 0.2) is 0 Å². The van der Waals surface area contributed by atoms with Gasteiger partial charge >= 0.3 is 0 Å². The van der Waals surface area contributed by atoms with Crippen molar-refractivity contribution in [2.45, 2.75) is 19.4 Å². The third-order valence-electron chi connectivity index (χ3n) is 2.27. The summed E-state index contributed by atoms with van der Waals surface area (Å²) < 4.78 is 0. The maximum Gasteiger partial charge on any atom is 0.224 e. The predicted octanol–water partition coefficient (Wildman–Crippen LogP) is 2.71. The van der Waals surface area contributed by atoms with Crippen LogP contribution in [0.5, 0.6) is 0 Å². The molecule has 0 atom stereocenters. The molecule has 94 valence electrons. The molecule has 17 heavy (non-hydrogen) atoms. The highest BCUT2D eigenvalue weighted by atomic mass is 35.5. The number of nitrogens with zero attached hydrogens (tertiary/aromatic N) is 1. The quantitative estimate of drug-likeness (QED) is 0.792. The van der Waals surface area contributed by atoms with Crippen molar-refractivity contribution in [1.29, 1.82) is 0 Å². The second-order valence-electron chi connectivity index (χ2n) is 4.28. The molecular formula is C13H19ClN2O. The topological polar surface area (TPSA) is 32.3 Å². The molecule has 0 spiro atoms. The maximum atomic E-state index is 11.5. The number of hydrogen-bond acceptors (Lipinski definition) is 2. The zero-order chi connectivity index (χ0) is 12.7. The summed E-state index contributed by atoms with van der Waals surface area (Å²) in [7, 11) is 4.06. The van der Waals surface area contributed by atoms with Crippen LogP contribution in [0.25, 0.3) is 0 Å². The van der Waals surface area contributed by atoms with E-state index in [1.165, 1.54) is 5.56 Å². The molecule has 0 fully saturated rings. The number of carbonyl (C=O) groups is 1. The molecule has 0 aliphatic heterocycles. The number of carbonyl (C=O) groups excluding carboxylic acids is 1. The molecule has 0 unspecified atom stereocenters. The number of anilines is 1. The molecule has 0 saturated carbocycles. The largest absolute Gasteiger partial charge is 0.326 e. The van der Waals surface area contributed by atoms with Crippen LogP contribution in [0.2, 0.25) is 0 Å². The number of hydrogen-bond donors (Lipinski definition) is 1. The average Bonchev–Trinajstić information content (AvgIpc) is 2.28. The van der Waals surface area contributed by atoms with Gasteiger partial charge in [-0.15, -0.1) is 11.6 Å². The minimum Gasteiger partial charge on any atom is -0.326 e. The Kier molecular flexibility index (Phi) is 6.01. The van der Waals surface area contributed by atoms with E-state index in [2.05, 4.69) is 10.2 Å². The first-order valence-corrected chi connectivity index (χ1v) is 6.25. The Morgan fingerprint density at radius 3 is 2.47 bits per heavy atom. The van der Waals surface area contributed by atoms with Crippen LogP contribution in [0.15, 0.2) is 24.3 Å². The molecule has 1 N–H and O–H groups in total.